The van der Waals surface area contributed by atoms with Crippen molar-refractivity contribution in [1.29, 1.82) is 0 Å². The Kier molecular flexibility index (Phi) is 6.80. The van der Waals surface area contributed by atoms with Gasteiger partial charge in [0.2, 0.25) is 10.0 Å². The maximum atomic E-state index is 12.8. The normalized spacial score (nSPS) is 11.2. The molecule has 7 nitrogen and oxygen atoms in total. The summed E-state index contributed by atoms with van der Waals surface area (Å²) >= 11 is 0. The third-order valence-electron chi connectivity index (χ3n) is 3.96. The third kappa shape index (κ3) is 5.82. The molecule has 28 heavy (non-hydrogen) atoms. The summed E-state index contributed by atoms with van der Waals surface area (Å²) < 4.78 is 25.4. The topological polar surface area (TPSA) is 104 Å². The van der Waals surface area contributed by atoms with E-state index in [-0.39, 0.29) is 5.91 Å². The van der Waals surface area contributed by atoms with Gasteiger partial charge in [0.15, 0.2) is 0 Å². The Bertz CT molecular complexity index is 985. The molecule has 0 heterocycles. The Labute approximate surface area is 165 Å². The molecule has 150 valence electrons. The average molecular weight is 404 g/mol. The zero-order valence-electron chi connectivity index (χ0n) is 16.4. The number of sulfonamides is 1. The van der Waals surface area contributed by atoms with Gasteiger partial charge in [-0.3, -0.25) is 14.3 Å². The van der Waals surface area contributed by atoms with E-state index >= 15 is 0 Å². The van der Waals surface area contributed by atoms with Crippen molar-refractivity contribution in [3.05, 3.63) is 59.2 Å². The lowest BCUT2D eigenvalue weighted by Crippen LogP contribution is -2.28. The van der Waals surface area contributed by atoms with E-state index in [0.29, 0.717) is 40.5 Å². The molecule has 2 rings (SSSR count). The molecule has 0 aliphatic rings. The van der Waals surface area contributed by atoms with E-state index in [1.807, 2.05) is 13.8 Å². The Morgan fingerprint density at radius 3 is 2.18 bits per heavy atom. The van der Waals surface area contributed by atoms with Gasteiger partial charge in [-0.1, -0.05) is 32.0 Å². The molecular weight excluding hydrogens is 378 g/mol. The summed E-state index contributed by atoms with van der Waals surface area (Å²) in [6, 6.07) is 11.5. The summed E-state index contributed by atoms with van der Waals surface area (Å²) in [6.45, 7) is 6.17. The number of para-hydroxylation sites is 1. The van der Waals surface area contributed by atoms with Gasteiger partial charge in [0.05, 0.1) is 23.2 Å². The lowest BCUT2D eigenvalue weighted by atomic mass is 10.1. The van der Waals surface area contributed by atoms with Crippen LogP contribution < -0.4 is 15.4 Å². The van der Waals surface area contributed by atoms with Crippen molar-refractivity contribution in [3.8, 4) is 0 Å². The van der Waals surface area contributed by atoms with Crippen LogP contribution in [0.3, 0.4) is 0 Å². The minimum Gasteiger partial charge on any atom is -0.352 e. The largest absolute Gasteiger partial charge is 0.352 e. The second-order valence-corrected chi connectivity index (χ2v) is 8.70. The summed E-state index contributed by atoms with van der Waals surface area (Å²) in [6.07, 6.45) is 1.05. The summed E-state index contributed by atoms with van der Waals surface area (Å²) in [5.41, 5.74) is 1.88. The van der Waals surface area contributed by atoms with E-state index in [9.17, 15) is 18.0 Å². The first-order valence-electron chi connectivity index (χ1n) is 8.84. The predicted molar refractivity (Wildman–Crippen MR) is 111 cm³/mol. The van der Waals surface area contributed by atoms with Gasteiger partial charge >= 0.3 is 0 Å². The van der Waals surface area contributed by atoms with Crippen LogP contribution in [0, 0.1) is 12.8 Å². The number of hydrogen-bond donors (Lipinski definition) is 3. The van der Waals surface area contributed by atoms with Crippen molar-refractivity contribution in [3.63, 3.8) is 0 Å². The van der Waals surface area contributed by atoms with E-state index in [1.165, 1.54) is 0 Å². The second kappa shape index (κ2) is 8.88. The molecule has 0 radical (unpaired) electrons. The van der Waals surface area contributed by atoms with Gasteiger partial charge in [-0.25, -0.2) is 8.42 Å². The number of anilines is 2. The molecule has 3 N–H and O–H groups in total. The number of carbonyl (C=O) groups excluding carboxylic acids is 2. The summed E-state index contributed by atoms with van der Waals surface area (Å²) in [7, 11) is -3.47. The molecule has 0 unspecified atom stereocenters. The van der Waals surface area contributed by atoms with Gasteiger partial charge in [0, 0.05) is 12.1 Å². The second-order valence-electron chi connectivity index (χ2n) is 6.96. The van der Waals surface area contributed by atoms with Crippen LogP contribution in [-0.2, 0) is 10.0 Å². The molecule has 0 saturated heterocycles. The van der Waals surface area contributed by atoms with E-state index < -0.39 is 15.9 Å². The molecule has 0 saturated carbocycles. The highest BCUT2D eigenvalue weighted by Crippen LogP contribution is 2.22. The molecule has 0 aliphatic carbocycles. The zero-order valence-corrected chi connectivity index (χ0v) is 17.2. The third-order valence-corrected chi connectivity index (χ3v) is 4.56. The maximum absolute atomic E-state index is 12.8. The van der Waals surface area contributed by atoms with Crippen LogP contribution in [0.2, 0.25) is 0 Å². The van der Waals surface area contributed by atoms with Crippen molar-refractivity contribution >= 4 is 33.2 Å². The molecule has 0 atom stereocenters. The first kappa shape index (κ1) is 21.4. The fraction of sp³-hybridized carbons (Fsp3) is 0.300. The van der Waals surface area contributed by atoms with Crippen molar-refractivity contribution in [1.82, 2.24) is 5.32 Å². The fourth-order valence-corrected chi connectivity index (χ4v) is 3.18. The number of nitrogens with one attached hydrogen (secondary N) is 3. The predicted octanol–water partition coefficient (Wildman–Crippen LogP) is 3.00. The van der Waals surface area contributed by atoms with Crippen molar-refractivity contribution in [2.75, 3.05) is 22.8 Å². The van der Waals surface area contributed by atoms with Crippen LogP contribution >= 0.6 is 0 Å². The van der Waals surface area contributed by atoms with Crippen LogP contribution in [0.5, 0.6) is 0 Å². The Balaban J connectivity index is 2.27. The van der Waals surface area contributed by atoms with Crippen molar-refractivity contribution in [2.45, 2.75) is 20.8 Å². The minimum atomic E-state index is -3.47. The molecule has 2 aromatic carbocycles. The Morgan fingerprint density at radius 1 is 0.929 bits per heavy atom. The van der Waals surface area contributed by atoms with Gasteiger partial charge < -0.3 is 10.6 Å². The summed E-state index contributed by atoms with van der Waals surface area (Å²) in [5, 5.41) is 5.58. The van der Waals surface area contributed by atoms with E-state index in [0.717, 1.165) is 6.26 Å². The number of benzene rings is 2. The Morgan fingerprint density at radius 2 is 1.54 bits per heavy atom. The molecule has 0 aliphatic heterocycles. The number of rotatable bonds is 7. The highest BCUT2D eigenvalue weighted by Gasteiger charge is 2.17. The first-order chi connectivity index (χ1) is 13.1. The molecule has 0 fully saturated rings. The van der Waals surface area contributed by atoms with Crippen molar-refractivity contribution < 1.29 is 18.0 Å². The average Bonchev–Trinajstić information content (AvgIpc) is 2.60. The van der Waals surface area contributed by atoms with Crippen LogP contribution in [0.15, 0.2) is 42.5 Å². The van der Waals surface area contributed by atoms with Gasteiger partial charge in [-0.2, -0.15) is 0 Å². The summed E-state index contributed by atoms with van der Waals surface area (Å²) in [5.74, 6) is -0.397. The quantitative estimate of drug-likeness (QED) is 0.661. The zero-order chi connectivity index (χ0) is 20.9. The highest BCUT2D eigenvalue weighted by atomic mass is 32.2. The van der Waals surface area contributed by atoms with E-state index in [1.54, 1.807) is 49.4 Å². The van der Waals surface area contributed by atoms with E-state index in [2.05, 4.69) is 15.4 Å². The monoisotopic (exact) mass is 403 g/mol. The van der Waals surface area contributed by atoms with Gasteiger partial charge in [-0.05, 0) is 42.7 Å². The molecule has 0 bridgehead atoms. The van der Waals surface area contributed by atoms with Crippen LogP contribution in [0.4, 0.5) is 11.4 Å². The van der Waals surface area contributed by atoms with Crippen LogP contribution in [0.1, 0.15) is 40.1 Å². The van der Waals surface area contributed by atoms with Gasteiger partial charge in [0.1, 0.15) is 0 Å². The van der Waals surface area contributed by atoms with E-state index in [4.69, 9.17) is 0 Å². The van der Waals surface area contributed by atoms with Gasteiger partial charge in [-0.15, -0.1) is 0 Å². The summed E-state index contributed by atoms with van der Waals surface area (Å²) in [4.78, 5) is 25.2. The number of hydrogen-bond acceptors (Lipinski definition) is 4. The molecule has 8 heteroatoms. The minimum absolute atomic E-state index is 0.270. The molecule has 2 amide bonds. The molecule has 0 spiro atoms. The fourth-order valence-electron chi connectivity index (χ4n) is 2.56. The van der Waals surface area contributed by atoms with Gasteiger partial charge in [0.25, 0.3) is 11.8 Å². The standard InChI is InChI=1S/C20H25N3O4S/c1-13(2)12-21-19(24)16-8-5-6-10-18(16)22-20(25)15-9-7-11-17(14(15)3)23-28(4,26)27/h5-11,13,23H,12H2,1-4H3,(H,21,24)(H,22,25). The molecule has 0 aromatic heterocycles. The first-order valence-corrected chi connectivity index (χ1v) is 10.7. The maximum Gasteiger partial charge on any atom is 0.256 e. The molecular formula is C20H25N3O4S. The Hall–Kier alpha value is -2.87. The highest BCUT2D eigenvalue weighted by molar-refractivity contribution is 7.92. The lowest BCUT2D eigenvalue weighted by molar-refractivity contribution is 0.0950. The molecule has 2 aromatic rings. The number of carbonyl (C=O) groups is 2. The van der Waals surface area contributed by atoms with Crippen LogP contribution in [0.25, 0.3) is 0 Å². The SMILES string of the molecule is Cc1c(NS(C)(=O)=O)cccc1C(=O)Nc1ccccc1C(=O)NCC(C)C. The van der Waals surface area contributed by atoms with Crippen LogP contribution in [-0.4, -0.2) is 33.0 Å². The lowest BCUT2D eigenvalue weighted by Gasteiger charge is -2.15. The smallest absolute Gasteiger partial charge is 0.256 e. The van der Waals surface area contributed by atoms with Crippen molar-refractivity contribution in [2.24, 2.45) is 5.92 Å². The number of amides is 2.